The van der Waals surface area contributed by atoms with Gasteiger partial charge in [-0.15, -0.1) is 24.0 Å². The standard InChI is InChI=1S/C19H26N4O.HI/c1-19(14-8-4-5-10-16(14)24-3)11-17(19)23-18(21-2)22-15-9-6-7-13(15)12-20;/h4-5,8,10,13,15,17H,6-7,9,11H2,1-3H3,(H2,21,22,23);1H. The van der Waals surface area contributed by atoms with Gasteiger partial charge in [0.1, 0.15) is 5.75 Å². The van der Waals surface area contributed by atoms with E-state index in [2.05, 4.69) is 40.8 Å². The lowest BCUT2D eigenvalue weighted by Gasteiger charge is -2.21. The normalized spacial score (nSPS) is 30.8. The second-order valence-electron chi connectivity index (χ2n) is 7.01. The van der Waals surface area contributed by atoms with Crippen molar-refractivity contribution in [1.82, 2.24) is 10.6 Å². The number of nitrogens with one attached hydrogen (secondary N) is 2. The molecule has 136 valence electrons. The van der Waals surface area contributed by atoms with Crippen LogP contribution in [0.15, 0.2) is 29.3 Å². The second-order valence-corrected chi connectivity index (χ2v) is 7.01. The van der Waals surface area contributed by atoms with Crippen molar-refractivity contribution in [1.29, 1.82) is 5.26 Å². The van der Waals surface area contributed by atoms with Crippen molar-refractivity contribution in [3.63, 3.8) is 0 Å². The molecule has 2 fully saturated rings. The van der Waals surface area contributed by atoms with E-state index in [9.17, 15) is 5.26 Å². The van der Waals surface area contributed by atoms with Crippen LogP contribution in [-0.2, 0) is 5.41 Å². The summed E-state index contributed by atoms with van der Waals surface area (Å²) in [6, 6.07) is 11.1. The van der Waals surface area contributed by atoms with Gasteiger partial charge >= 0.3 is 0 Å². The number of para-hydroxylation sites is 1. The molecule has 0 bridgehead atoms. The number of nitrogens with zero attached hydrogens (tertiary/aromatic N) is 2. The van der Waals surface area contributed by atoms with Gasteiger partial charge in [0.05, 0.1) is 19.1 Å². The fourth-order valence-corrected chi connectivity index (χ4v) is 3.79. The Morgan fingerprint density at radius 2 is 2.08 bits per heavy atom. The van der Waals surface area contributed by atoms with Crippen molar-refractivity contribution >= 4 is 29.9 Å². The van der Waals surface area contributed by atoms with Crippen molar-refractivity contribution in [3.8, 4) is 11.8 Å². The molecule has 25 heavy (non-hydrogen) atoms. The Hall–Kier alpha value is -1.49. The summed E-state index contributed by atoms with van der Waals surface area (Å²) in [5.74, 6) is 1.82. The molecule has 0 radical (unpaired) electrons. The first-order valence-corrected chi connectivity index (χ1v) is 8.65. The molecule has 0 saturated heterocycles. The minimum Gasteiger partial charge on any atom is -0.496 e. The van der Waals surface area contributed by atoms with E-state index in [0.29, 0.717) is 6.04 Å². The minimum absolute atomic E-state index is 0. The van der Waals surface area contributed by atoms with E-state index >= 15 is 0 Å². The van der Waals surface area contributed by atoms with Gasteiger partial charge in [-0.05, 0) is 31.7 Å². The van der Waals surface area contributed by atoms with Crippen molar-refractivity contribution in [3.05, 3.63) is 29.8 Å². The van der Waals surface area contributed by atoms with Crippen molar-refractivity contribution in [2.24, 2.45) is 10.9 Å². The van der Waals surface area contributed by atoms with Gasteiger partial charge < -0.3 is 15.4 Å². The molecule has 0 amide bonds. The summed E-state index contributed by atoms with van der Waals surface area (Å²) in [7, 11) is 3.50. The molecule has 1 aromatic carbocycles. The molecule has 0 aromatic heterocycles. The number of rotatable bonds is 4. The number of hydrogen-bond donors (Lipinski definition) is 2. The molecular formula is C19H27IN4O. The van der Waals surface area contributed by atoms with Crippen LogP contribution in [0.2, 0.25) is 0 Å². The molecule has 6 heteroatoms. The van der Waals surface area contributed by atoms with Crippen LogP contribution in [0.25, 0.3) is 0 Å². The summed E-state index contributed by atoms with van der Waals surface area (Å²) >= 11 is 0. The Morgan fingerprint density at radius 3 is 2.76 bits per heavy atom. The Bertz CT molecular complexity index is 672. The zero-order valence-electron chi connectivity index (χ0n) is 15.1. The van der Waals surface area contributed by atoms with E-state index < -0.39 is 0 Å². The van der Waals surface area contributed by atoms with Gasteiger partial charge in [0.2, 0.25) is 0 Å². The Morgan fingerprint density at radius 1 is 1.32 bits per heavy atom. The van der Waals surface area contributed by atoms with E-state index in [1.807, 2.05) is 12.1 Å². The third-order valence-corrected chi connectivity index (χ3v) is 5.50. The molecule has 1 aromatic rings. The zero-order chi connectivity index (χ0) is 17.2. The lowest BCUT2D eigenvalue weighted by molar-refractivity contribution is 0.404. The molecule has 2 aliphatic rings. The molecule has 3 rings (SSSR count). The van der Waals surface area contributed by atoms with Crippen LogP contribution in [0.3, 0.4) is 0 Å². The van der Waals surface area contributed by atoms with Crippen LogP contribution in [0, 0.1) is 17.2 Å². The summed E-state index contributed by atoms with van der Waals surface area (Å²) in [4.78, 5) is 4.36. The van der Waals surface area contributed by atoms with Crippen molar-refractivity contribution in [2.75, 3.05) is 14.2 Å². The fraction of sp³-hybridized carbons (Fsp3) is 0.579. The van der Waals surface area contributed by atoms with Gasteiger partial charge in [-0.3, -0.25) is 4.99 Å². The Labute approximate surface area is 167 Å². The molecule has 2 aliphatic carbocycles. The van der Waals surface area contributed by atoms with Crippen LogP contribution < -0.4 is 15.4 Å². The van der Waals surface area contributed by atoms with Gasteiger partial charge in [0, 0.05) is 30.1 Å². The fourth-order valence-electron chi connectivity index (χ4n) is 3.79. The number of halogens is 1. The molecule has 0 aliphatic heterocycles. The first-order chi connectivity index (χ1) is 11.6. The summed E-state index contributed by atoms with van der Waals surface area (Å²) in [6.45, 7) is 2.25. The van der Waals surface area contributed by atoms with E-state index in [4.69, 9.17) is 4.74 Å². The smallest absolute Gasteiger partial charge is 0.191 e. The number of hydrogen-bond acceptors (Lipinski definition) is 3. The molecule has 2 saturated carbocycles. The van der Waals surface area contributed by atoms with Gasteiger partial charge in [0.15, 0.2) is 5.96 Å². The van der Waals surface area contributed by atoms with Crippen LogP contribution in [0.5, 0.6) is 5.75 Å². The molecule has 4 unspecified atom stereocenters. The lowest BCUT2D eigenvalue weighted by Crippen LogP contribution is -2.46. The molecular weight excluding hydrogens is 427 g/mol. The topological polar surface area (TPSA) is 69.4 Å². The molecule has 0 heterocycles. The number of nitriles is 1. The van der Waals surface area contributed by atoms with Crippen LogP contribution >= 0.6 is 24.0 Å². The van der Waals surface area contributed by atoms with Gasteiger partial charge in [-0.2, -0.15) is 5.26 Å². The van der Waals surface area contributed by atoms with Crippen LogP contribution in [-0.4, -0.2) is 32.2 Å². The average Bonchev–Trinajstić information content (AvgIpc) is 3.05. The Balaban J connectivity index is 0.00000225. The SMILES string of the molecule is CN=C(NC1CCCC1C#N)NC1CC1(C)c1ccccc1OC.I. The first kappa shape index (κ1) is 19.8. The quantitative estimate of drug-likeness (QED) is 0.417. The minimum atomic E-state index is 0. The summed E-state index contributed by atoms with van der Waals surface area (Å²) in [6.07, 6.45) is 4.16. The highest BCUT2D eigenvalue weighted by molar-refractivity contribution is 14.0. The summed E-state index contributed by atoms with van der Waals surface area (Å²) < 4.78 is 5.52. The van der Waals surface area contributed by atoms with Crippen LogP contribution in [0.1, 0.15) is 38.2 Å². The number of aliphatic imine (C=N–C) groups is 1. The van der Waals surface area contributed by atoms with E-state index in [1.54, 1.807) is 14.2 Å². The predicted molar refractivity (Wildman–Crippen MR) is 111 cm³/mol. The molecule has 5 nitrogen and oxygen atoms in total. The maximum Gasteiger partial charge on any atom is 0.191 e. The lowest BCUT2D eigenvalue weighted by atomic mass is 9.96. The van der Waals surface area contributed by atoms with Gasteiger partial charge in [-0.1, -0.05) is 25.1 Å². The molecule has 2 N–H and O–H groups in total. The van der Waals surface area contributed by atoms with Gasteiger partial charge in [0.25, 0.3) is 0 Å². The monoisotopic (exact) mass is 454 g/mol. The highest BCUT2D eigenvalue weighted by Crippen LogP contribution is 2.50. The maximum atomic E-state index is 9.24. The zero-order valence-corrected chi connectivity index (χ0v) is 17.4. The summed E-state index contributed by atoms with van der Waals surface area (Å²) in [5.41, 5.74) is 1.28. The maximum absolute atomic E-state index is 9.24. The number of ether oxygens (including phenoxy) is 1. The average molecular weight is 454 g/mol. The summed E-state index contributed by atoms with van der Waals surface area (Å²) in [5, 5.41) is 16.2. The van der Waals surface area contributed by atoms with Crippen molar-refractivity contribution < 1.29 is 4.74 Å². The Kier molecular flexibility index (Phi) is 6.55. The molecule has 0 spiro atoms. The number of methoxy groups -OCH3 is 1. The van der Waals surface area contributed by atoms with Gasteiger partial charge in [-0.25, -0.2) is 0 Å². The third-order valence-electron chi connectivity index (χ3n) is 5.50. The van der Waals surface area contributed by atoms with E-state index in [1.165, 1.54) is 5.56 Å². The first-order valence-electron chi connectivity index (χ1n) is 8.65. The second kappa shape index (κ2) is 8.26. The van der Waals surface area contributed by atoms with Crippen LogP contribution in [0.4, 0.5) is 0 Å². The largest absolute Gasteiger partial charge is 0.496 e. The third kappa shape index (κ3) is 4.02. The highest BCUT2D eigenvalue weighted by atomic mass is 127. The van der Waals surface area contributed by atoms with Crippen molar-refractivity contribution in [2.45, 2.75) is 50.1 Å². The molecule has 4 atom stereocenters. The highest BCUT2D eigenvalue weighted by Gasteiger charge is 2.53. The van der Waals surface area contributed by atoms with E-state index in [-0.39, 0.29) is 41.4 Å². The van der Waals surface area contributed by atoms with E-state index in [0.717, 1.165) is 37.4 Å². The number of benzene rings is 1. The predicted octanol–water partition coefficient (Wildman–Crippen LogP) is 3.20. The number of guanidine groups is 1.